The summed E-state index contributed by atoms with van der Waals surface area (Å²) < 4.78 is 0. The van der Waals surface area contributed by atoms with Gasteiger partial charge in [-0.05, 0) is 12.3 Å². The number of hydrogen-bond donors (Lipinski definition) is 3. The van der Waals surface area contributed by atoms with E-state index >= 15 is 0 Å². The van der Waals surface area contributed by atoms with Gasteiger partial charge in [-0.1, -0.05) is 13.8 Å². The molecule has 5 heteroatoms. The monoisotopic (exact) mass is 201 g/mol. The summed E-state index contributed by atoms with van der Waals surface area (Å²) in [5, 5.41) is 2.73. The molecule has 0 aliphatic rings. The Morgan fingerprint density at radius 1 is 1.36 bits per heavy atom. The summed E-state index contributed by atoms with van der Waals surface area (Å²) in [5.74, 6) is -0.235. The first-order valence-electron chi connectivity index (χ1n) is 4.75. The predicted molar refractivity (Wildman–Crippen MR) is 54.3 cm³/mol. The van der Waals surface area contributed by atoms with Crippen molar-refractivity contribution in [2.24, 2.45) is 17.4 Å². The van der Waals surface area contributed by atoms with E-state index in [9.17, 15) is 9.59 Å². The molecule has 1 atom stereocenters. The molecule has 0 heterocycles. The summed E-state index contributed by atoms with van der Waals surface area (Å²) in [6, 6.07) is -0.722. The molecule has 0 aliphatic carbocycles. The first kappa shape index (κ1) is 12.9. The van der Waals surface area contributed by atoms with E-state index in [0.717, 1.165) is 0 Å². The molecule has 0 unspecified atom stereocenters. The van der Waals surface area contributed by atoms with Crippen LogP contribution in [0.5, 0.6) is 0 Å². The molecule has 0 bridgehead atoms. The zero-order chi connectivity index (χ0) is 11.1. The quantitative estimate of drug-likeness (QED) is 0.532. The number of amides is 2. The molecule has 0 saturated carbocycles. The Bertz CT molecular complexity index is 204. The van der Waals surface area contributed by atoms with Crippen LogP contribution >= 0.6 is 0 Å². The number of carbonyl (C=O) groups excluding carboxylic acids is 2. The van der Waals surface area contributed by atoms with Crippen molar-refractivity contribution < 1.29 is 9.59 Å². The van der Waals surface area contributed by atoms with Gasteiger partial charge in [0.1, 0.15) is 0 Å². The lowest BCUT2D eigenvalue weighted by molar-refractivity contribution is -0.122. The highest BCUT2D eigenvalue weighted by atomic mass is 16.2. The summed E-state index contributed by atoms with van der Waals surface area (Å²) in [6.45, 7) is 4.66. The number of rotatable bonds is 6. The van der Waals surface area contributed by atoms with Gasteiger partial charge >= 0.3 is 0 Å². The molecule has 0 aliphatic heterocycles. The highest BCUT2D eigenvalue weighted by molar-refractivity contribution is 5.81. The minimum Gasteiger partial charge on any atom is -0.368 e. The van der Waals surface area contributed by atoms with Gasteiger partial charge in [0.2, 0.25) is 11.8 Å². The van der Waals surface area contributed by atoms with Crippen LogP contribution in [0, 0.1) is 5.92 Å². The van der Waals surface area contributed by atoms with Crippen LogP contribution in [-0.4, -0.2) is 24.4 Å². The zero-order valence-corrected chi connectivity index (χ0v) is 8.75. The van der Waals surface area contributed by atoms with Crippen LogP contribution in [0.1, 0.15) is 26.7 Å². The van der Waals surface area contributed by atoms with Crippen LogP contribution in [0.3, 0.4) is 0 Å². The van der Waals surface area contributed by atoms with E-state index in [0.29, 0.717) is 18.9 Å². The van der Waals surface area contributed by atoms with Crippen LogP contribution in [0.25, 0.3) is 0 Å². The second-order valence-corrected chi connectivity index (χ2v) is 3.75. The molecule has 0 spiro atoms. The molecule has 0 aromatic rings. The van der Waals surface area contributed by atoms with Gasteiger partial charge in [0, 0.05) is 13.0 Å². The molecule has 0 radical (unpaired) electrons. The van der Waals surface area contributed by atoms with Gasteiger partial charge in [-0.3, -0.25) is 9.59 Å². The zero-order valence-electron chi connectivity index (χ0n) is 8.75. The Labute approximate surface area is 84.2 Å². The van der Waals surface area contributed by atoms with Crippen molar-refractivity contribution in [3.8, 4) is 0 Å². The first-order chi connectivity index (χ1) is 6.43. The number of carbonyl (C=O) groups is 2. The largest absolute Gasteiger partial charge is 0.368 e. The molecule has 0 aromatic carbocycles. The lowest BCUT2D eigenvalue weighted by atomic mass is 10.1. The molecular formula is C9H19N3O2. The van der Waals surface area contributed by atoms with Gasteiger partial charge in [0.15, 0.2) is 0 Å². The van der Waals surface area contributed by atoms with Crippen molar-refractivity contribution in [3.05, 3.63) is 0 Å². The molecule has 14 heavy (non-hydrogen) atoms. The molecule has 2 amide bonds. The first-order valence-corrected chi connectivity index (χ1v) is 4.75. The second kappa shape index (κ2) is 6.37. The number of nitrogens with one attached hydrogen (secondary N) is 1. The summed E-state index contributed by atoms with van der Waals surface area (Å²) >= 11 is 0. The van der Waals surface area contributed by atoms with Crippen LogP contribution in [-0.2, 0) is 9.59 Å². The molecule has 0 saturated heterocycles. The van der Waals surface area contributed by atoms with E-state index in [-0.39, 0.29) is 12.3 Å². The normalized spacial score (nSPS) is 12.6. The molecular weight excluding hydrogens is 182 g/mol. The van der Waals surface area contributed by atoms with Gasteiger partial charge in [0.25, 0.3) is 0 Å². The molecule has 0 aromatic heterocycles. The summed E-state index contributed by atoms with van der Waals surface area (Å²) in [5.41, 5.74) is 10.3. The number of nitrogens with two attached hydrogens (primary N) is 2. The van der Waals surface area contributed by atoms with Crippen LogP contribution in [0.15, 0.2) is 0 Å². The van der Waals surface area contributed by atoms with Crippen molar-refractivity contribution in [1.82, 2.24) is 5.32 Å². The van der Waals surface area contributed by atoms with E-state index in [2.05, 4.69) is 5.32 Å². The van der Waals surface area contributed by atoms with Crippen LogP contribution in [0.4, 0.5) is 0 Å². The van der Waals surface area contributed by atoms with Crippen molar-refractivity contribution in [3.63, 3.8) is 0 Å². The lowest BCUT2D eigenvalue weighted by Gasteiger charge is -2.09. The van der Waals surface area contributed by atoms with Gasteiger partial charge in [-0.25, -0.2) is 0 Å². The highest BCUT2D eigenvalue weighted by Gasteiger charge is 2.11. The third-order valence-corrected chi connectivity index (χ3v) is 1.76. The highest BCUT2D eigenvalue weighted by Crippen LogP contribution is 1.95. The third kappa shape index (κ3) is 6.42. The number of hydrogen-bond acceptors (Lipinski definition) is 3. The smallest absolute Gasteiger partial charge is 0.234 e. The summed E-state index contributed by atoms with van der Waals surface area (Å²) in [4.78, 5) is 21.7. The summed E-state index contributed by atoms with van der Waals surface area (Å²) in [6.07, 6.45) is 0.552. The fourth-order valence-corrected chi connectivity index (χ4v) is 0.835. The average Bonchev–Trinajstić information content (AvgIpc) is 2.10. The fourth-order valence-electron chi connectivity index (χ4n) is 0.835. The Morgan fingerprint density at radius 2 is 1.93 bits per heavy atom. The Morgan fingerprint density at radius 3 is 2.36 bits per heavy atom. The standard InChI is InChI=1S/C9H19N3O2/c1-6(2)5-12-8(13)4-3-7(10)9(11)14/h6-7H,3-5,10H2,1-2H3,(H2,11,14)(H,12,13)/t7-/m0/s1. The number of primary amides is 1. The third-order valence-electron chi connectivity index (χ3n) is 1.76. The lowest BCUT2D eigenvalue weighted by Crippen LogP contribution is -2.38. The van der Waals surface area contributed by atoms with Gasteiger partial charge in [-0.2, -0.15) is 0 Å². The van der Waals surface area contributed by atoms with Crippen molar-refractivity contribution in [2.75, 3.05) is 6.54 Å². The SMILES string of the molecule is CC(C)CNC(=O)CC[C@H](N)C(N)=O. The van der Waals surface area contributed by atoms with E-state index in [1.54, 1.807) is 0 Å². The molecule has 82 valence electrons. The maximum atomic E-state index is 11.2. The molecule has 0 fully saturated rings. The minimum absolute atomic E-state index is 0.0876. The van der Waals surface area contributed by atoms with Gasteiger partial charge < -0.3 is 16.8 Å². The predicted octanol–water partition coefficient (Wildman–Crippen LogP) is -0.649. The second-order valence-electron chi connectivity index (χ2n) is 3.75. The minimum atomic E-state index is -0.722. The molecule has 5 nitrogen and oxygen atoms in total. The average molecular weight is 201 g/mol. The van der Waals surface area contributed by atoms with Crippen LogP contribution < -0.4 is 16.8 Å². The van der Waals surface area contributed by atoms with E-state index in [1.807, 2.05) is 13.8 Å². The molecule has 5 N–H and O–H groups in total. The maximum Gasteiger partial charge on any atom is 0.234 e. The maximum absolute atomic E-state index is 11.2. The Kier molecular flexibility index (Phi) is 5.87. The van der Waals surface area contributed by atoms with Gasteiger partial charge in [-0.15, -0.1) is 0 Å². The Hall–Kier alpha value is -1.10. The Balaban J connectivity index is 3.59. The van der Waals surface area contributed by atoms with E-state index in [1.165, 1.54) is 0 Å². The topological polar surface area (TPSA) is 98.2 Å². The van der Waals surface area contributed by atoms with E-state index < -0.39 is 11.9 Å². The van der Waals surface area contributed by atoms with Gasteiger partial charge in [0.05, 0.1) is 6.04 Å². The van der Waals surface area contributed by atoms with Crippen molar-refractivity contribution >= 4 is 11.8 Å². The van der Waals surface area contributed by atoms with Crippen molar-refractivity contribution in [2.45, 2.75) is 32.7 Å². The van der Waals surface area contributed by atoms with Crippen LogP contribution in [0.2, 0.25) is 0 Å². The molecule has 0 rings (SSSR count). The summed E-state index contributed by atoms with van der Waals surface area (Å²) in [7, 11) is 0. The van der Waals surface area contributed by atoms with E-state index in [4.69, 9.17) is 11.5 Å². The fraction of sp³-hybridized carbons (Fsp3) is 0.778. The van der Waals surface area contributed by atoms with Crippen molar-refractivity contribution in [1.29, 1.82) is 0 Å².